The minimum atomic E-state index is -0.204. The van der Waals surface area contributed by atoms with E-state index >= 15 is 0 Å². The fourth-order valence-corrected chi connectivity index (χ4v) is 1.85. The van der Waals surface area contributed by atoms with Gasteiger partial charge >= 0.3 is 0 Å². The molecule has 1 aliphatic heterocycles. The molecule has 2 rings (SSSR count). The lowest BCUT2D eigenvalue weighted by molar-refractivity contribution is -0.00187. The highest BCUT2D eigenvalue weighted by atomic mass is 16.5. The van der Waals surface area contributed by atoms with Gasteiger partial charge in [0.25, 0.3) is 0 Å². The highest BCUT2D eigenvalue weighted by molar-refractivity contribution is 5.16. The molecule has 0 radical (unpaired) electrons. The molecule has 1 aromatic rings. The summed E-state index contributed by atoms with van der Waals surface area (Å²) in [5.74, 6) is 0. The van der Waals surface area contributed by atoms with Crippen LogP contribution in [-0.2, 0) is 4.74 Å². The molecule has 1 aliphatic rings. The summed E-state index contributed by atoms with van der Waals surface area (Å²) in [6, 6.07) is 1.83. The van der Waals surface area contributed by atoms with Gasteiger partial charge in [-0.15, -0.1) is 0 Å². The van der Waals surface area contributed by atoms with Gasteiger partial charge in [0, 0.05) is 12.2 Å². The van der Waals surface area contributed by atoms with E-state index in [9.17, 15) is 0 Å². The smallest absolute Gasteiger partial charge is 0.0951 e. The highest BCUT2D eigenvalue weighted by Gasteiger charge is 2.37. The Balaban J connectivity index is 2.16. The maximum atomic E-state index is 6.09. The van der Waals surface area contributed by atoms with Crippen molar-refractivity contribution in [2.24, 2.45) is 5.73 Å². The van der Waals surface area contributed by atoms with Crippen molar-refractivity contribution in [3.63, 3.8) is 0 Å². The average Bonchev–Trinajstić information content (AvgIpc) is 2.73. The summed E-state index contributed by atoms with van der Waals surface area (Å²) in [6.45, 7) is 2.89. The molecule has 13 heavy (non-hydrogen) atoms. The van der Waals surface area contributed by atoms with E-state index in [-0.39, 0.29) is 11.6 Å². The van der Waals surface area contributed by atoms with E-state index in [1.54, 1.807) is 12.5 Å². The maximum Gasteiger partial charge on any atom is 0.0951 e. The summed E-state index contributed by atoms with van der Waals surface area (Å²) < 4.78 is 10.7. The van der Waals surface area contributed by atoms with E-state index < -0.39 is 0 Å². The molecular weight excluding hydrogens is 166 g/mol. The highest BCUT2D eigenvalue weighted by Crippen LogP contribution is 2.35. The monoisotopic (exact) mass is 181 g/mol. The third-order valence-corrected chi connectivity index (χ3v) is 2.81. The molecule has 72 valence electrons. The molecule has 2 atom stereocenters. The largest absolute Gasteiger partial charge is 0.472 e. The van der Waals surface area contributed by atoms with Crippen molar-refractivity contribution in [2.45, 2.75) is 31.4 Å². The van der Waals surface area contributed by atoms with Crippen LogP contribution in [0.15, 0.2) is 23.0 Å². The van der Waals surface area contributed by atoms with Gasteiger partial charge in [-0.25, -0.2) is 0 Å². The first kappa shape index (κ1) is 8.78. The van der Waals surface area contributed by atoms with Gasteiger partial charge in [-0.2, -0.15) is 0 Å². The van der Waals surface area contributed by atoms with Crippen molar-refractivity contribution in [3.8, 4) is 0 Å². The Morgan fingerprint density at radius 2 is 2.46 bits per heavy atom. The van der Waals surface area contributed by atoms with Crippen LogP contribution in [0, 0.1) is 0 Å². The molecule has 0 aromatic carbocycles. The molecule has 0 spiro atoms. The predicted octanol–water partition coefficient (Wildman–Crippen LogP) is 1.85. The number of rotatable bonds is 2. The van der Waals surface area contributed by atoms with Crippen LogP contribution in [0.5, 0.6) is 0 Å². The summed E-state index contributed by atoms with van der Waals surface area (Å²) in [5, 5.41) is 0. The van der Waals surface area contributed by atoms with Crippen LogP contribution < -0.4 is 5.73 Å². The lowest BCUT2D eigenvalue weighted by Crippen LogP contribution is -2.37. The van der Waals surface area contributed by atoms with Crippen LogP contribution in [0.25, 0.3) is 0 Å². The number of hydrogen-bond donors (Lipinski definition) is 1. The number of furan rings is 1. The van der Waals surface area contributed by atoms with E-state index in [0.29, 0.717) is 0 Å². The quantitative estimate of drug-likeness (QED) is 0.757. The minimum Gasteiger partial charge on any atom is -0.472 e. The lowest BCUT2D eigenvalue weighted by atomic mass is 9.90. The number of hydrogen-bond acceptors (Lipinski definition) is 3. The normalized spacial score (nSPS) is 30.6. The van der Waals surface area contributed by atoms with Gasteiger partial charge in [0.15, 0.2) is 0 Å². The number of nitrogens with two attached hydrogens (primary N) is 1. The topological polar surface area (TPSA) is 48.4 Å². The molecule has 2 N–H and O–H groups in total. The first-order valence-electron chi connectivity index (χ1n) is 4.64. The zero-order valence-corrected chi connectivity index (χ0v) is 7.82. The third-order valence-electron chi connectivity index (χ3n) is 2.81. The van der Waals surface area contributed by atoms with Crippen LogP contribution >= 0.6 is 0 Å². The maximum absolute atomic E-state index is 6.09. The van der Waals surface area contributed by atoms with Crippen molar-refractivity contribution in [1.82, 2.24) is 0 Å². The molecule has 1 saturated heterocycles. The Kier molecular flexibility index (Phi) is 2.14. The first-order valence-corrected chi connectivity index (χ1v) is 4.64. The summed E-state index contributed by atoms with van der Waals surface area (Å²) in [7, 11) is 0. The lowest BCUT2D eigenvalue weighted by Gasteiger charge is -2.29. The Hall–Kier alpha value is -0.800. The second kappa shape index (κ2) is 3.16. The molecule has 2 heterocycles. The second-order valence-corrected chi connectivity index (χ2v) is 3.80. The van der Waals surface area contributed by atoms with Gasteiger partial charge in [-0.3, -0.25) is 0 Å². The van der Waals surface area contributed by atoms with E-state index in [1.807, 2.05) is 6.07 Å². The summed E-state index contributed by atoms with van der Waals surface area (Å²) in [6.07, 6.45) is 5.46. The van der Waals surface area contributed by atoms with E-state index in [1.165, 1.54) is 0 Å². The van der Waals surface area contributed by atoms with Crippen molar-refractivity contribution < 1.29 is 9.15 Å². The summed E-state index contributed by atoms with van der Waals surface area (Å²) in [5.41, 5.74) is 6.91. The third kappa shape index (κ3) is 1.49. The molecule has 2 unspecified atom stereocenters. The van der Waals surface area contributed by atoms with Crippen molar-refractivity contribution >= 4 is 0 Å². The van der Waals surface area contributed by atoms with Crippen LogP contribution in [0.4, 0.5) is 0 Å². The first-order chi connectivity index (χ1) is 6.22. The molecule has 1 fully saturated rings. The molecule has 0 bridgehead atoms. The molecule has 0 saturated carbocycles. The summed E-state index contributed by atoms with van der Waals surface area (Å²) >= 11 is 0. The molecular formula is C10H15NO2. The van der Waals surface area contributed by atoms with Gasteiger partial charge in [0.2, 0.25) is 0 Å². The molecule has 0 aliphatic carbocycles. The zero-order valence-electron chi connectivity index (χ0n) is 7.82. The minimum absolute atomic E-state index is 0.0752. The predicted molar refractivity (Wildman–Crippen MR) is 49.2 cm³/mol. The van der Waals surface area contributed by atoms with Gasteiger partial charge in [0.1, 0.15) is 0 Å². The van der Waals surface area contributed by atoms with Crippen LogP contribution in [0.2, 0.25) is 0 Å². The van der Waals surface area contributed by atoms with Crippen molar-refractivity contribution in [3.05, 3.63) is 24.2 Å². The van der Waals surface area contributed by atoms with E-state index in [4.69, 9.17) is 14.9 Å². The fourth-order valence-electron chi connectivity index (χ4n) is 1.85. The Morgan fingerprint density at radius 3 is 3.00 bits per heavy atom. The molecule has 0 amide bonds. The average molecular weight is 181 g/mol. The van der Waals surface area contributed by atoms with Gasteiger partial charge < -0.3 is 14.9 Å². The van der Waals surface area contributed by atoms with Crippen LogP contribution in [-0.4, -0.2) is 12.2 Å². The Morgan fingerprint density at radius 1 is 1.62 bits per heavy atom. The van der Waals surface area contributed by atoms with Gasteiger partial charge in [0.05, 0.1) is 24.2 Å². The Labute approximate surface area is 77.9 Å². The fraction of sp³-hybridized carbons (Fsp3) is 0.600. The van der Waals surface area contributed by atoms with Gasteiger partial charge in [-0.05, 0) is 25.8 Å². The van der Waals surface area contributed by atoms with E-state index in [0.717, 1.165) is 25.0 Å². The van der Waals surface area contributed by atoms with Crippen LogP contribution in [0.1, 0.15) is 31.4 Å². The molecule has 3 nitrogen and oxygen atoms in total. The van der Waals surface area contributed by atoms with Crippen molar-refractivity contribution in [1.29, 1.82) is 0 Å². The number of ether oxygens (including phenoxy) is 1. The molecule has 1 aromatic heterocycles. The second-order valence-electron chi connectivity index (χ2n) is 3.80. The summed E-state index contributed by atoms with van der Waals surface area (Å²) in [4.78, 5) is 0. The Bertz CT molecular complexity index is 262. The SMILES string of the molecule is CC1(C(N)c2ccoc2)CCCO1. The van der Waals surface area contributed by atoms with Gasteiger partial charge in [-0.1, -0.05) is 0 Å². The van der Waals surface area contributed by atoms with E-state index in [2.05, 4.69) is 6.92 Å². The van der Waals surface area contributed by atoms with Crippen LogP contribution in [0.3, 0.4) is 0 Å². The molecule has 3 heteroatoms. The zero-order chi connectivity index (χ0) is 9.31. The standard InChI is InChI=1S/C10H15NO2/c1-10(4-2-5-13-10)9(11)8-3-6-12-7-8/h3,6-7,9H,2,4-5,11H2,1H3. The van der Waals surface area contributed by atoms with Crippen molar-refractivity contribution in [2.75, 3.05) is 6.61 Å².